The number of anilines is 1. The predicted molar refractivity (Wildman–Crippen MR) is 90.7 cm³/mol. The van der Waals surface area contributed by atoms with Gasteiger partial charge < -0.3 is 10.6 Å². The van der Waals surface area contributed by atoms with Gasteiger partial charge in [0.25, 0.3) is 0 Å². The van der Waals surface area contributed by atoms with Crippen LogP contribution in [0.2, 0.25) is 10.0 Å². The van der Waals surface area contributed by atoms with Gasteiger partial charge in [0.05, 0.1) is 10.0 Å². The van der Waals surface area contributed by atoms with Crippen LogP contribution in [0.15, 0.2) is 42.5 Å². The quantitative estimate of drug-likeness (QED) is 0.794. The number of halogens is 2. The van der Waals surface area contributed by atoms with Crippen LogP contribution in [-0.2, 0) is 6.54 Å². The maximum absolute atomic E-state index is 5.95. The molecule has 0 heterocycles. The van der Waals surface area contributed by atoms with Gasteiger partial charge in [-0.15, -0.1) is 0 Å². The summed E-state index contributed by atoms with van der Waals surface area (Å²) in [7, 11) is 0. The van der Waals surface area contributed by atoms with Crippen LogP contribution in [0.3, 0.4) is 0 Å². The Morgan fingerprint density at radius 1 is 1.05 bits per heavy atom. The maximum atomic E-state index is 5.95. The summed E-state index contributed by atoms with van der Waals surface area (Å²) in [6.45, 7) is 2.74. The lowest BCUT2D eigenvalue weighted by Crippen LogP contribution is -2.27. The highest BCUT2D eigenvalue weighted by Crippen LogP contribution is 2.24. The number of nitrogens with one attached hydrogen (secondary N) is 2. The Morgan fingerprint density at radius 2 is 1.75 bits per heavy atom. The number of benzene rings is 2. The summed E-state index contributed by atoms with van der Waals surface area (Å²) in [4.78, 5) is 0. The number of rotatable bonds is 3. The second-order valence-corrected chi connectivity index (χ2v) is 5.64. The molecule has 2 N–H and O–H groups in total. The summed E-state index contributed by atoms with van der Waals surface area (Å²) in [5.74, 6) is 0. The Balaban J connectivity index is 1.89. The van der Waals surface area contributed by atoms with Crippen molar-refractivity contribution in [3.05, 3.63) is 63.6 Å². The van der Waals surface area contributed by atoms with Crippen LogP contribution in [0.1, 0.15) is 11.1 Å². The van der Waals surface area contributed by atoms with Gasteiger partial charge in [0, 0.05) is 12.2 Å². The van der Waals surface area contributed by atoms with Crippen LogP contribution in [0.4, 0.5) is 5.69 Å². The van der Waals surface area contributed by atoms with E-state index in [2.05, 4.69) is 41.8 Å². The normalized spacial score (nSPS) is 10.2. The zero-order valence-corrected chi connectivity index (χ0v) is 13.2. The zero-order chi connectivity index (χ0) is 14.5. The summed E-state index contributed by atoms with van der Waals surface area (Å²) in [5.41, 5.74) is 3.22. The molecule has 2 aromatic carbocycles. The molecule has 0 bridgehead atoms. The molecular formula is C15H14Cl2N2S. The van der Waals surface area contributed by atoms with Crippen LogP contribution in [-0.4, -0.2) is 5.11 Å². The largest absolute Gasteiger partial charge is 0.358 e. The number of aryl methyl sites for hydroxylation is 1. The Hall–Kier alpha value is -1.29. The third-order valence-electron chi connectivity index (χ3n) is 2.75. The van der Waals surface area contributed by atoms with E-state index in [0.717, 1.165) is 5.69 Å². The highest BCUT2D eigenvalue weighted by Gasteiger charge is 2.01. The first-order valence-corrected chi connectivity index (χ1v) is 7.26. The van der Waals surface area contributed by atoms with Gasteiger partial charge in [0.2, 0.25) is 0 Å². The van der Waals surface area contributed by atoms with Gasteiger partial charge >= 0.3 is 0 Å². The third kappa shape index (κ3) is 4.37. The first kappa shape index (κ1) is 15.1. The molecule has 104 valence electrons. The van der Waals surface area contributed by atoms with E-state index in [1.165, 1.54) is 11.1 Å². The minimum atomic E-state index is 0.498. The highest BCUT2D eigenvalue weighted by atomic mass is 35.5. The summed E-state index contributed by atoms with van der Waals surface area (Å²) in [5, 5.41) is 7.78. The van der Waals surface area contributed by atoms with Crippen molar-refractivity contribution in [2.45, 2.75) is 13.5 Å². The average molecular weight is 325 g/mol. The molecule has 0 amide bonds. The second-order valence-electron chi connectivity index (χ2n) is 4.42. The Labute approximate surface area is 134 Å². The molecule has 0 aliphatic carbocycles. The van der Waals surface area contributed by atoms with Gasteiger partial charge in [-0.25, -0.2) is 0 Å². The molecule has 2 nitrogen and oxygen atoms in total. The fourth-order valence-electron chi connectivity index (χ4n) is 1.64. The van der Waals surface area contributed by atoms with Crippen LogP contribution in [0.25, 0.3) is 0 Å². The molecule has 2 rings (SSSR count). The first-order valence-electron chi connectivity index (χ1n) is 6.10. The molecule has 0 saturated heterocycles. The van der Waals surface area contributed by atoms with E-state index in [9.17, 15) is 0 Å². The van der Waals surface area contributed by atoms with Gasteiger partial charge in [-0.05, 0) is 42.9 Å². The lowest BCUT2D eigenvalue weighted by molar-refractivity contribution is 0.925. The van der Waals surface area contributed by atoms with Crippen molar-refractivity contribution in [1.82, 2.24) is 5.32 Å². The summed E-state index contributed by atoms with van der Waals surface area (Å²) < 4.78 is 0. The van der Waals surface area contributed by atoms with E-state index < -0.39 is 0 Å². The molecule has 0 atom stereocenters. The molecule has 5 heteroatoms. The van der Waals surface area contributed by atoms with Crippen molar-refractivity contribution in [3.8, 4) is 0 Å². The molecule has 0 radical (unpaired) electrons. The molecular weight excluding hydrogens is 311 g/mol. The standard InChI is InChI=1S/C15H14Cl2N2S/c1-10-2-4-11(5-3-10)9-18-15(20)19-12-6-7-13(16)14(17)8-12/h2-8H,9H2,1H3,(H2,18,19,20). The van der Waals surface area contributed by atoms with E-state index in [1.54, 1.807) is 12.1 Å². The van der Waals surface area contributed by atoms with E-state index in [-0.39, 0.29) is 0 Å². The molecule has 0 unspecified atom stereocenters. The Morgan fingerprint density at radius 3 is 2.40 bits per heavy atom. The third-order valence-corrected chi connectivity index (χ3v) is 3.74. The summed E-state index contributed by atoms with van der Waals surface area (Å²) in [6, 6.07) is 13.6. The van der Waals surface area contributed by atoms with Gasteiger partial charge in [0.1, 0.15) is 0 Å². The van der Waals surface area contributed by atoms with Gasteiger partial charge in [-0.3, -0.25) is 0 Å². The van der Waals surface area contributed by atoms with Crippen molar-refractivity contribution in [3.63, 3.8) is 0 Å². The van der Waals surface area contributed by atoms with Crippen LogP contribution in [0, 0.1) is 6.92 Å². The second kappa shape index (κ2) is 6.93. The highest BCUT2D eigenvalue weighted by molar-refractivity contribution is 7.80. The fraction of sp³-hybridized carbons (Fsp3) is 0.133. The van der Waals surface area contributed by atoms with Crippen molar-refractivity contribution in [2.24, 2.45) is 0 Å². The molecule has 2 aromatic rings. The van der Waals surface area contributed by atoms with E-state index in [4.69, 9.17) is 35.4 Å². The molecule has 0 saturated carbocycles. The number of hydrogen-bond acceptors (Lipinski definition) is 1. The predicted octanol–water partition coefficient (Wildman–Crippen LogP) is 4.79. The van der Waals surface area contributed by atoms with Crippen molar-refractivity contribution in [2.75, 3.05) is 5.32 Å². The lowest BCUT2D eigenvalue weighted by atomic mass is 10.1. The number of hydrogen-bond donors (Lipinski definition) is 2. The zero-order valence-electron chi connectivity index (χ0n) is 10.9. The van der Waals surface area contributed by atoms with Crippen LogP contribution >= 0.6 is 35.4 Å². The summed E-state index contributed by atoms with van der Waals surface area (Å²) >= 11 is 17.1. The average Bonchev–Trinajstić information content (AvgIpc) is 2.42. The monoisotopic (exact) mass is 324 g/mol. The molecule has 0 aliphatic rings. The van der Waals surface area contributed by atoms with Crippen LogP contribution in [0.5, 0.6) is 0 Å². The minimum Gasteiger partial charge on any atom is -0.358 e. The van der Waals surface area contributed by atoms with E-state index in [1.807, 2.05) is 6.07 Å². The van der Waals surface area contributed by atoms with Gasteiger partial charge in [-0.2, -0.15) is 0 Å². The topological polar surface area (TPSA) is 24.1 Å². The summed E-state index contributed by atoms with van der Waals surface area (Å²) in [6.07, 6.45) is 0. The van der Waals surface area contributed by atoms with Gasteiger partial charge in [-0.1, -0.05) is 53.0 Å². The minimum absolute atomic E-state index is 0.498. The maximum Gasteiger partial charge on any atom is 0.171 e. The van der Waals surface area contributed by atoms with Gasteiger partial charge in [0.15, 0.2) is 5.11 Å². The molecule has 20 heavy (non-hydrogen) atoms. The van der Waals surface area contributed by atoms with Crippen molar-refractivity contribution < 1.29 is 0 Å². The molecule has 0 fully saturated rings. The number of thiocarbonyl (C=S) groups is 1. The Kier molecular flexibility index (Phi) is 5.24. The van der Waals surface area contributed by atoms with Crippen molar-refractivity contribution in [1.29, 1.82) is 0 Å². The molecule has 0 spiro atoms. The fourth-order valence-corrected chi connectivity index (χ4v) is 2.13. The lowest BCUT2D eigenvalue weighted by Gasteiger charge is -2.11. The van der Waals surface area contributed by atoms with Crippen molar-refractivity contribution >= 4 is 46.2 Å². The Bertz CT molecular complexity index is 612. The van der Waals surface area contributed by atoms with Crippen LogP contribution < -0.4 is 10.6 Å². The van der Waals surface area contributed by atoms with E-state index in [0.29, 0.717) is 21.7 Å². The first-order chi connectivity index (χ1) is 9.54. The molecule has 0 aliphatic heterocycles. The smallest absolute Gasteiger partial charge is 0.171 e. The molecule has 0 aromatic heterocycles. The van der Waals surface area contributed by atoms with E-state index >= 15 is 0 Å². The SMILES string of the molecule is Cc1ccc(CNC(=S)Nc2ccc(Cl)c(Cl)c2)cc1.